The number of hydrogen-bond acceptors (Lipinski definition) is 4. The van der Waals surface area contributed by atoms with Gasteiger partial charge in [-0.15, -0.1) is 0 Å². The van der Waals surface area contributed by atoms with Crippen molar-refractivity contribution in [2.75, 3.05) is 5.32 Å². The van der Waals surface area contributed by atoms with Crippen LogP contribution >= 0.6 is 0 Å². The number of nitrogens with one attached hydrogen (secondary N) is 1. The van der Waals surface area contributed by atoms with E-state index in [0.29, 0.717) is 11.5 Å². The van der Waals surface area contributed by atoms with Crippen LogP contribution < -0.4 is 5.32 Å². The van der Waals surface area contributed by atoms with Crippen LogP contribution in [0.1, 0.15) is 56.8 Å². The van der Waals surface area contributed by atoms with Gasteiger partial charge < -0.3 is 5.32 Å². The Morgan fingerprint density at radius 3 is 2.21 bits per heavy atom. The molecule has 1 aromatic heterocycles. The van der Waals surface area contributed by atoms with E-state index in [2.05, 4.69) is 37.4 Å². The number of nitriles is 1. The highest BCUT2D eigenvalue weighted by molar-refractivity contribution is 5.66. The minimum atomic E-state index is 0.361. The molecule has 142 valence electrons. The summed E-state index contributed by atoms with van der Waals surface area (Å²) in [7, 11) is 0. The molecule has 0 saturated carbocycles. The summed E-state index contributed by atoms with van der Waals surface area (Å²) in [6.45, 7) is 4.42. The second-order valence-electron chi connectivity index (χ2n) is 6.95. The lowest BCUT2D eigenvalue weighted by molar-refractivity contribution is 0.535. The summed E-state index contributed by atoms with van der Waals surface area (Å²) >= 11 is 0. The van der Waals surface area contributed by atoms with Gasteiger partial charge in [0, 0.05) is 23.2 Å². The summed E-state index contributed by atoms with van der Waals surface area (Å²) in [5.41, 5.74) is 3.56. The normalized spacial score (nSPS) is 10.6. The van der Waals surface area contributed by atoms with Gasteiger partial charge in [0.1, 0.15) is 11.6 Å². The van der Waals surface area contributed by atoms with Gasteiger partial charge in [-0.1, -0.05) is 57.0 Å². The predicted octanol–water partition coefficient (Wildman–Crippen LogP) is 6.44. The first-order chi connectivity index (χ1) is 13.7. The average molecular weight is 371 g/mol. The van der Waals surface area contributed by atoms with Crippen molar-refractivity contribution in [3.8, 4) is 17.3 Å². The molecule has 3 aromatic rings. The molecular weight excluding hydrogens is 344 g/mol. The van der Waals surface area contributed by atoms with E-state index in [9.17, 15) is 0 Å². The van der Waals surface area contributed by atoms with Crippen LogP contribution in [-0.2, 0) is 0 Å². The van der Waals surface area contributed by atoms with Gasteiger partial charge in [0.2, 0.25) is 0 Å². The molecule has 0 amide bonds. The second kappa shape index (κ2) is 9.66. The molecule has 0 unspecified atom stereocenters. The molecule has 4 nitrogen and oxygen atoms in total. The summed E-state index contributed by atoms with van der Waals surface area (Å²) in [4.78, 5) is 9.76. The Hall–Kier alpha value is -3.19. The molecule has 28 heavy (non-hydrogen) atoms. The van der Waals surface area contributed by atoms with Crippen molar-refractivity contribution in [1.82, 2.24) is 9.97 Å². The van der Waals surface area contributed by atoms with Crippen LogP contribution in [-0.4, -0.2) is 9.97 Å². The Kier molecular flexibility index (Phi) is 6.75. The van der Waals surface area contributed by atoms with Crippen molar-refractivity contribution in [3.63, 3.8) is 0 Å². The van der Waals surface area contributed by atoms with Crippen LogP contribution in [0.15, 0.2) is 60.7 Å². The number of aromatic nitrogens is 2. The molecule has 0 spiro atoms. The summed E-state index contributed by atoms with van der Waals surface area (Å²) < 4.78 is 0. The van der Waals surface area contributed by atoms with E-state index < -0.39 is 0 Å². The minimum Gasteiger partial charge on any atom is -0.340 e. The van der Waals surface area contributed by atoms with E-state index in [-0.39, 0.29) is 0 Å². The van der Waals surface area contributed by atoms with Crippen LogP contribution in [0.25, 0.3) is 11.3 Å². The molecule has 0 aliphatic rings. The maximum atomic E-state index is 8.99. The number of anilines is 2. The summed E-state index contributed by atoms with van der Waals surface area (Å²) in [6.07, 6.45) is 4.40. The predicted molar refractivity (Wildman–Crippen MR) is 114 cm³/mol. The number of nitrogens with zero attached hydrogens (tertiary/aromatic N) is 3. The zero-order valence-corrected chi connectivity index (χ0v) is 16.5. The third kappa shape index (κ3) is 4.95. The van der Waals surface area contributed by atoms with Gasteiger partial charge in [-0.3, -0.25) is 0 Å². The van der Waals surface area contributed by atoms with Gasteiger partial charge in [-0.05, 0) is 37.1 Å². The maximum Gasteiger partial charge on any atom is 0.134 e. The molecule has 1 heterocycles. The van der Waals surface area contributed by atoms with E-state index in [1.807, 2.05) is 36.4 Å². The number of benzene rings is 2. The Balaban J connectivity index is 1.99. The molecule has 0 bridgehead atoms. The van der Waals surface area contributed by atoms with Gasteiger partial charge >= 0.3 is 0 Å². The smallest absolute Gasteiger partial charge is 0.134 e. The van der Waals surface area contributed by atoms with Crippen molar-refractivity contribution in [1.29, 1.82) is 5.26 Å². The first kappa shape index (κ1) is 19.6. The summed E-state index contributed by atoms with van der Waals surface area (Å²) in [5, 5.41) is 12.4. The molecule has 2 aromatic carbocycles. The monoisotopic (exact) mass is 370 g/mol. The van der Waals surface area contributed by atoms with Crippen molar-refractivity contribution in [2.24, 2.45) is 0 Å². The summed E-state index contributed by atoms with van der Waals surface area (Å²) in [6, 6.07) is 21.8. The molecule has 0 aliphatic carbocycles. The SMILES string of the molecule is CCCC(CCC)c1nc(Nc2ccc(C#N)cc2)cc(-c2ccccc2)n1. The van der Waals surface area contributed by atoms with Crippen LogP contribution in [0.4, 0.5) is 11.5 Å². The highest BCUT2D eigenvalue weighted by Crippen LogP contribution is 2.29. The Morgan fingerprint density at radius 1 is 0.929 bits per heavy atom. The zero-order valence-electron chi connectivity index (χ0n) is 16.5. The van der Waals surface area contributed by atoms with Gasteiger partial charge in [-0.2, -0.15) is 5.26 Å². The fraction of sp³-hybridized carbons (Fsp3) is 0.292. The standard InChI is InChI=1S/C24H26N4/c1-3-8-20(9-4-2)24-27-22(19-10-6-5-7-11-19)16-23(28-24)26-21-14-12-18(17-25)13-15-21/h5-7,10-16,20H,3-4,8-9H2,1-2H3,(H,26,27,28). The van der Waals surface area contributed by atoms with E-state index in [1.165, 1.54) is 0 Å². The molecule has 4 heteroatoms. The van der Waals surface area contributed by atoms with Gasteiger partial charge in [0.05, 0.1) is 17.3 Å². The van der Waals surface area contributed by atoms with Crippen molar-refractivity contribution < 1.29 is 0 Å². The fourth-order valence-corrected chi connectivity index (χ4v) is 3.34. The van der Waals surface area contributed by atoms with E-state index in [0.717, 1.165) is 54.3 Å². The lowest BCUT2D eigenvalue weighted by Crippen LogP contribution is -2.08. The highest BCUT2D eigenvalue weighted by atomic mass is 15.0. The largest absolute Gasteiger partial charge is 0.340 e. The third-order valence-electron chi connectivity index (χ3n) is 4.74. The maximum absolute atomic E-state index is 8.99. The molecule has 0 fully saturated rings. The van der Waals surface area contributed by atoms with Crippen molar-refractivity contribution in [3.05, 3.63) is 72.1 Å². The molecule has 0 saturated heterocycles. The average Bonchev–Trinajstić information content (AvgIpc) is 2.74. The van der Waals surface area contributed by atoms with E-state index in [1.54, 1.807) is 12.1 Å². The van der Waals surface area contributed by atoms with Crippen LogP contribution in [0, 0.1) is 11.3 Å². The third-order valence-corrected chi connectivity index (χ3v) is 4.74. The molecular formula is C24H26N4. The summed E-state index contributed by atoms with van der Waals surface area (Å²) in [5.74, 6) is 2.05. The molecule has 0 atom stereocenters. The zero-order chi connectivity index (χ0) is 19.8. The first-order valence-electron chi connectivity index (χ1n) is 9.95. The Morgan fingerprint density at radius 2 is 1.61 bits per heavy atom. The van der Waals surface area contributed by atoms with E-state index >= 15 is 0 Å². The topological polar surface area (TPSA) is 61.6 Å². The lowest BCUT2D eigenvalue weighted by Gasteiger charge is -2.17. The number of rotatable bonds is 8. The van der Waals surface area contributed by atoms with Crippen LogP contribution in [0.3, 0.4) is 0 Å². The van der Waals surface area contributed by atoms with Crippen molar-refractivity contribution in [2.45, 2.75) is 45.4 Å². The second-order valence-corrected chi connectivity index (χ2v) is 6.95. The van der Waals surface area contributed by atoms with Gasteiger partial charge in [0.15, 0.2) is 0 Å². The van der Waals surface area contributed by atoms with Gasteiger partial charge in [0.25, 0.3) is 0 Å². The Bertz CT molecular complexity index is 921. The van der Waals surface area contributed by atoms with E-state index in [4.69, 9.17) is 15.2 Å². The molecule has 0 radical (unpaired) electrons. The highest BCUT2D eigenvalue weighted by Gasteiger charge is 2.16. The van der Waals surface area contributed by atoms with Crippen LogP contribution in [0.5, 0.6) is 0 Å². The fourth-order valence-electron chi connectivity index (χ4n) is 3.34. The van der Waals surface area contributed by atoms with Crippen molar-refractivity contribution >= 4 is 11.5 Å². The van der Waals surface area contributed by atoms with Gasteiger partial charge in [-0.25, -0.2) is 9.97 Å². The molecule has 3 rings (SSSR count). The quantitative estimate of drug-likeness (QED) is 0.495. The van der Waals surface area contributed by atoms with Crippen LogP contribution in [0.2, 0.25) is 0 Å². The lowest BCUT2D eigenvalue weighted by atomic mass is 9.97. The first-order valence-corrected chi connectivity index (χ1v) is 9.95. The Labute approximate surface area is 167 Å². The molecule has 0 aliphatic heterocycles. The number of hydrogen-bond donors (Lipinski definition) is 1. The molecule has 1 N–H and O–H groups in total. The minimum absolute atomic E-state index is 0.361.